The predicted octanol–water partition coefficient (Wildman–Crippen LogP) is 2.91. The lowest BCUT2D eigenvalue weighted by atomic mass is 10.2. The van der Waals surface area contributed by atoms with Crippen molar-refractivity contribution in [3.8, 4) is 16.3 Å². The molecule has 8 heteroatoms. The summed E-state index contributed by atoms with van der Waals surface area (Å²) in [4.78, 5) is 25.3. The quantitative estimate of drug-likeness (QED) is 0.442. The van der Waals surface area contributed by atoms with E-state index in [0.717, 1.165) is 10.6 Å². The number of carbonyl (C=O) groups excluding carboxylic acids is 2. The van der Waals surface area contributed by atoms with Crippen molar-refractivity contribution in [1.82, 2.24) is 15.1 Å². The zero-order chi connectivity index (χ0) is 19.8. The summed E-state index contributed by atoms with van der Waals surface area (Å²) in [6.45, 7) is 0.686. The molecule has 0 aliphatic rings. The standard InChI is InChI=1S/C20H21N3O4S/c1-26-11-6-10-21-18(24)14-27-20(25)16-13-23(15-7-3-2-4-8-15)22-19(16)17-9-5-12-28-17/h2-5,7-9,12-13H,6,10-11,14H2,1H3,(H,21,24). The van der Waals surface area contributed by atoms with Gasteiger partial charge >= 0.3 is 5.97 Å². The van der Waals surface area contributed by atoms with Crippen LogP contribution in [0.15, 0.2) is 54.0 Å². The molecule has 2 aromatic heterocycles. The number of thiophene rings is 1. The molecular formula is C20H21N3O4S. The number of esters is 1. The van der Waals surface area contributed by atoms with Gasteiger partial charge in [0.2, 0.25) is 0 Å². The predicted molar refractivity (Wildman–Crippen MR) is 107 cm³/mol. The third kappa shape index (κ3) is 5.05. The fraction of sp³-hybridized carbons (Fsp3) is 0.250. The van der Waals surface area contributed by atoms with Gasteiger partial charge in [0.05, 0.1) is 10.6 Å². The van der Waals surface area contributed by atoms with E-state index in [1.165, 1.54) is 11.3 Å². The molecule has 0 aliphatic heterocycles. The van der Waals surface area contributed by atoms with Gasteiger partial charge in [-0.05, 0) is 30.0 Å². The number of carbonyl (C=O) groups is 2. The Morgan fingerprint density at radius 3 is 2.71 bits per heavy atom. The number of hydrogen-bond donors (Lipinski definition) is 1. The molecule has 3 aromatic rings. The first-order valence-corrected chi connectivity index (χ1v) is 9.68. The van der Waals surface area contributed by atoms with Gasteiger partial charge < -0.3 is 14.8 Å². The van der Waals surface area contributed by atoms with Gasteiger partial charge in [0, 0.05) is 26.5 Å². The van der Waals surface area contributed by atoms with Crippen molar-refractivity contribution in [3.05, 3.63) is 59.6 Å². The molecule has 0 unspecified atom stereocenters. The van der Waals surface area contributed by atoms with Crippen LogP contribution in [0.3, 0.4) is 0 Å². The van der Waals surface area contributed by atoms with Crippen LogP contribution in [-0.2, 0) is 14.3 Å². The zero-order valence-corrected chi connectivity index (χ0v) is 16.3. The number of para-hydroxylation sites is 1. The van der Waals surface area contributed by atoms with Gasteiger partial charge in [-0.15, -0.1) is 11.3 Å². The average Bonchev–Trinajstić information content (AvgIpc) is 3.40. The molecule has 1 amide bonds. The summed E-state index contributed by atoms with van der Waals surface area (Å²) in [5, 5.41) is 9.15. The first kappa shape index (κ1) is 19.8. The van der Waals surface area contributed by atoms with Gasteiger partial charge in [-0.3, -0.25) is 4.79 Å². The number of aromatic nitrogens is 2. The SMILES string of the molecule is COCCCNC(=O)COC(=O)c1cn(-c2ccccc2)nc1-c1cccs1. The smallest absolute Gasteiger partial charge is 0.342 e. The summed E-state index contributed by atoms with van der Waals surface area (Å²) in [7, 11) is 1.60. The number of ether oxygens (including phenoxy) is 2. The highest BCUT2D eigenvalue weighted by Crippen LogP contribution is 2.28. The molecule has 0 fully saturated rings. The normalized spacial score (nSPS) is 10.6. The molecule has 0 atom stereocenters. The number of hydrogen-bond acceptors (Lipinski definition) is 6. The Labute approximate surface area is 166 Å². The Hall–Kier alpha value is -2.97. The molecule has 1 N–H and O–H groups in total. The molecule has 0 radical (unpaired) electrons. The Kier molecular flexibility index (Phi) is 6.94. The van der Waals surface area contributed by atoms with E-state index in [9.17, 15) is 9.59 Å². The van der Waals surface area contributed by atoms with Crippen LogP contribution < -0.4 is 5.32 Å². The number of amides is 1. The molecule has 0 aliphatic carbocycles. The summed E-state index contributed by atoms with van der Waals surface area (Å²) in [6, 6.07) is 13.3. The van der Waals surface area contributed by atoms with Crippen molar-refractivity contribution in [2.24, 2.45) is 0 Å². The van der Waals surface area contributed by atoms with Crippen molar-refractivity contribution >= 4 is 23.2 Å². The Bertz CT molecular complexity index is 907. The fourth-order valence-electron chi connectivity index (χ4n) is 2.54. The molecular weight excluding hydrogens is 378 g/mol. The zero-order valence-electron chi connectivity index (χ0n) is 15.5. The average molecular weight is 399 g/mol. The highest BCUT2D eigenvalue weighted by Gasteiger charge is 2.21. The van der Waals surface area contributed by atoms with E-state index in [1.54, 1.807) is 18.0 Å². The minimum atomic E-state index is -0.586. The maximum atomic E-state index is 12.6. The van der Waals surface area contributed by atoms with Gasteiger partial charge in [0.25, 0.3) is 5.91 Å². The van der Waals surface area contributed by atoms with Crippen LogP contribution in [0.4, 0.5) is 0 Å². The maximum Gasteiger partial charge on any atom is 0.342 e. The highest BCUT2D eigenvalue weighted by atomic mass is 32.1. The lowest BCUT2D eigenvalue weighted by Crippen LogP contribution is -2.30. The van der Waals surface area contributed by atoms with E-state index in [2.05, 4.69) is 10.4 Å². The minimum Gasteiger partial charge on any atom is -0.452 e. The van der Waals surface area contributed by atoms with Gasteiger partial charge in [-0.25, -0.2) is 9.48 Å². The summed E-state index contributed by atoms with van der Waals surface area (Å²) < 4.78 is 11.8. The number of benzene rings is 1. The van der Waals surface area contributed by atoms with Crippen LogP contribution in [0, 0.1) is 0 Å². The van der Waals surface area contributed by atoms with E-state index in [0.29, 0.717) is 30.8 Å². The van der Waals surface area contributed by atoms with Crippen LogP contribution in [0.25, 0.3) is 16.3 Å². The van der Waals surface area contributed by atoms with Gasteiger partial charge in [0.15, 0.2) is 6.61 Å². The monoisotopic (exact) mass is 399 g/mol. The van der Waals surface area contributed by atoms with E-state index in [-0.39, 0.29) is 12.5 Å². The van der Waals surface area contributed by atoms with Crippen LogP contribution in [0.1, 0.15) is 16.8 Å². The van der Waals surface area contributed by atoms with Crippen LogP contribution in [0.5, 0.6) is 0 Å². The summed E-state index contributed by atoms with van der Waals surface area (Å²) in [6.07, 6.45) is 2.33. The Morgan fingerprint density at radius 2 is 2.00 bits per heavy atom. The topological polar surface area (TPSA) is 82.5 Å². The number of nitrogens with zero attached hydrogens (tertiary/aromatic N) is 2. The molecule has 2 heterocycles. The second-order valence-corrected chi connectivity index (χ2v) is 6.87. The van der Waals surface area contributed by atoms with E-state index in [1.807, 2.05) is 47.8 Å². The summed E-state index contributed by atoms with van der Waals surface area (Å²) in [5.74, 6) is -0.935. The maximum absolute atomic E-state index is 12.6. The lowest BCUT2D eigenvalue weighted by molar-refractivity contribution is -0.124. The summed E-state index contributed by atoms with van der Waals surface area (Å²) in [5.41, 5.74) is 1.68. The van der Waals surface area contributed by atoms with Crippen LogP contribution in [-0.4, -0.2) is 48.5 Å². The second-order valence-electron chi connectivity index (χ2n) is 5.92. The first-order chi connectivity index (χ1) is 13.7. The molecule has 0 bridgehead atoms. The molecule has 3 rings (SSSR count). The number of methoxy groups -OCH3 is 1. The van der Waals surface area contributed by atoms with Gasteiger partial charge in [0.1, 0.15) is 11.3 Å². The third-order valence-electron chi connectivity index (χ3n) is 3.89. The Morgan fingerprint density at radius 1 is 1.18 bits per heavy atom. The van der Waals surface area contributed by atoms with Crippen LogP contribution >= 0.6 is 11.3 Å². The highest BCUT2D eigenvalue weighted by molar-refractivity contribution is 7.13. The molecule has 146 valence electrons. The van der Waals surface area contributed by atoms with Crippen molar-refractivity contribution in [2.75, 3.05) is 26.9 Å². The van der Waals surface area contributed by atoms with Gasteiger partial charge in [-0.1, -0.05) is 24.3 Å². The first-order valence-electron chi connectivity index (χ1n) is 8.81. The molecule has 0 saturated heterocycles. The molecule has 7 nitrogen and oxygen atoms in total. The fourth-order valence-corrected chi connectivity index (χ4v) is 3.26. The molecule has 1 aromatic carbocycles. The van der Waals surface area contributed by atoms with Crippen molar-refractivity contribution in [3.63, 3.8) is 0 Å². The van der Waals surface area contributed by atoms with Crippen LogP contribution in [0.2, 0.25) is 0 Å². The van der Waals surface area contributed by atoms with E-state index in [4.69, 9.17) is 9.47 Å². The van der Waals surface area contributed by atoms with E-state index >= 15 is 0 Å². The molecule has 28 heavy (non-hydrogen) atoms. The third-order valence-corrected chi connectivity index (χ3v) is 4.77. The Balaban J connectivity index is 1.72. The number of rotatable bonds is 9. The largest absolute Gasteiger partial charge is 0.452 e. The van der Waals surface area contributed by atoms with E-state index < -0.39 is 5.97 Å². The molecule has 0 spiro atoms. The van der Waals surface area contributed by atoms with Gasteiger partial charge in [-0.2, -0.15) is 5.10 Å². The second kappa shape index (κ2) is 9.82. The minimum absolute atomic E-state index is 0.318. The number of nitrogens with one attached hydrogen (secondary N) is 1. The summed E-state index contributed by atoms with van der Waals surface area (Å²) >= 11 is 1.48. The van der Waals surface area contributed by atoms with Crippen molar-refractivity contribution in [1.29, 1.82) is 0 Å². The lowest BCUT2D eigenvalue weighted by Gasteiger charge is -2.06. The van der Waals surface area contributed by atoms with Crippen molar-refractivity contribution < 1.29 is 19.1 Å². The molecule has 0 saturated carbocycles. The van der Waals surface area contributed by atoms with Crippen molar-refractivity contribution in [2.45, 2.75) is 6.42 Å².